The fourth-order valence-electron chi connectivity index (χ4n) is 2.18. The summed E-state index contributed by atoms with van der Waals surface area (Å²) in [6.07, 6.45) is 0. The van der Waals surface area contributed by atoms with Crippen molar-refractivity contribution in [1.29, 1.82) is 0 Å². The number of halogens is 1. The van der Waals surface area contributed by atoms with Gasteiger partial charge in [0, 0.05) is 10.9 Å². The van der Waals surface area contributed by atoms with Gasteiger partial charge in [0.15, 0.2) is 5.96 Å². The minimum absolute atomic E-state index is 0. The van der Waals surface area contributed by atoms with Crippen LogP contribution in [0.5, 0.6) is 5.75 Å². The molecule has 2 aromatic carbocycles. The lowest BCUT2D eigenvalue weighted by Crippen LogP contribution is -2.22. The molecule has 0 saturated heterocycles. The number of rotatable bonds is 5. The van der Waals surface area contributed by atoms with Crippen LogP contribution >= 0.6 is 35.3 Å². The van der Waals surface area contributed by atoms with E-state index in [-0.39, 0.29) is 24.0 Å². The molecule has 0 radical (unpaired) electrons. The van der Waals surface area contributed by atoms with Crippen LogP contribution in [0.25, 0.3) is 10.6 Å². The van der Waals surface area contributed by atoms with E-state index in [1.54, 1.807) is 18.4 Å². The number of nitrogens with one attached hydrogen (secondary N) is 1. The smallest absolute Gasteiger partial charge is 0.193 e. The number of thiazole rings is 1. The van der Waals surface area contributed by atoms with Crippen molar-refractivity contribution in [2.24, 2.45) is 10.7 Å². The molecule has 1 heterocycles. The Morgan fingerprint density at radius 3 is 2.64 bits per heavy atom. The molecule has 0 aliphatic rings. The van der Waals surface area contributed by atoms with E-state index in [1.807, 2.05) is 60.0 Å². The molecule has 3 N–H and O–H groups in total. The lowest BCUT2D eigenvalue weighted by molar-refractivity contribution is 0.417. The quantitative estimate of drug-likeness (QED) is 0.333. The maximum Gasteiger partial charge on any atom is 0.193 e. The maximum atomic E-state index is 5.95. The first-order valence-electron chi connectivity index (χ1n) is 7.46. The second-order valence-electron chi connectivity index (χ2n) is 5.04. The summed E-state index contributed by atoms with van der Waals surface area (Å²) in [5.41, 5.74) is 8.74. The Balaban J connectivity index is 0.00000225. The van der Waals surface area contributed by atoms with Crippen LogP contribution in [0.1, 0.15) is 5.69 Å². The van der Waals surface area contributed by atoms with E-state index in [2.05, 4.69) is 15.3 Å². The summed E-state index contributed by atoms with van der Waals surface area (Å²) in [4.78, 5) is 8.94. The summed E-state index contributed by atoms with van der Waals surface area (Å²) in [5, 5.41) is 6.03. The van der Waals surface area contributed by atoms with Crippen LogP contribution in [-0.4, -0.2) is 18.1 Å². The van der Waals surface area contributed by atoms with E-state index in [1.165, 1.54) is 0 Å². The van der Waals surface area contributed by atoms with Gasteiger partial charge in [0.1, 0.15) is 10.8 Å². The Labute approximate surface area is 168 Å². The van der Waals surface area contributed by atoms with Gasteiger partial charge in [-0.2, -0.15) is 0 Å². The van der Waals surface area contributed by atoms with Crippen molar-refractivity contribution in [3.63, 3.8) is 0 Å². The SMILES string of the molecule is COc1ccccc1NC(N)=NCc1csc(-c2ccccc2)n1.I. The van der Waals surface area contributed by atoms with Crippen molar-refractivity contribution >= 4 is 47.0 Å². The Hall–Kier alpha value is -2.13. The largest absolute Gasteiger partial charge is 0.495 e. The first kappa shape index (κ1) is 19.2. The van der Waals surface area contributed by atoms with Crippen molar-refractivity contribution < 1.29 is 4.74 Å². The third-order valence-corrected chi connectivity index (χ3v) is 4.29. The molecular weight excluding hydrogens is 447 g/mol. The summed E-state index contributed by atoms with van der Waals surface area (Å²) >= 11 is 1.60. The van der Waals surface area contributed by atoms with Gasteiger partial charge in [-0.25, -0.2) is 9.98 Å². The van der Waals surface area contributed by atoms with Gasteiger partial charge >= 0.3 is 0 Å². The molecule has 5 nitrogen and oxygen atoms in total. The summed E-state index contributed by atoms with van der Waals surface area (Å²) in [6, 6.07) is 17.6. The molecule has 25 heavy (non-hydrogen) atoms. The molecule has 7 heteroatoms. The summed E-state index contributed by atoms with van der Waals surface area (Å²) in [7, 11) is 1.62. The van der Waals surface area contributed by atoms with Crippen LogP contribution in [0.3, 0.4) is 0 Å². The minimum atomic E-state index is 0. The van der Waals surface area contributed by atoms with E-state index in [0.29, 0.717) is 12.5 Å². The first-order valence-corrected chi connectivity index (χ1v) is 8.34. The predicted molar refractivity (Wildman–Crippen MR) is 115 cm³/mol. The van der Waals surface area contributed by atoms with Crippen LogP contribution in [0.4, 0.5) is 5.69 Å². The summed E-state index contributed by atoms with van der Waals surface area (Å²) < 4.78 is 5.28. The second kappa shape index (κ2) is 9.38. The van der Waals surface area contributed by atoms with Gasteiger partial charge in [-0.05, 0) is 12.1 Å². The van der Waals surface area contributed by atoms with Crippen molar-refractivity contribution in [1.82, 2.24) is 4.98 Å². The fraction of sp³-hybridized carbons (Fsp3) is 0.111. The number of aromatic nitrogens is 1. The number of hydrogen-bond acceptors (Lipinski definition) is 4. The molecule has 0 aliphatic heterocycles. The molecule has 0 amide bonds. The standard InChI is InChI=1S/C18H18N4OS.HI/c1-23-16-10-6-5-9-15(16)22-18(19)20-11-14-12-24-17(21-14)13-7-3-2-4-8-13;/h2-10,12H,11H2,1H3,(H3,19,20,22);1H. The highest BCUT2D eigenvalue weighted by molar-refractivity contribution is 14.0. The zero-order chi connectivity index (χ0) is 16.8. The molecule has 0 fully saturated rings. The molecule has 0 atom stereocenters. The fourth-order valence-corrected chi connectivity index (χ4v) is 3.00. The zero-order valence-corrected chi connectivity index (χ0v) is 16.8. The number of para-hydroxylation sites is 2. The van der Waals surface area contributed by atoms with Crippen LogP contribution in [-0.2, 0) is 6.54 Å². The van der Waals surface area contributed by atoms with E-state index in [4.69, 9.17) is 10.5 Å². The third-order valence-electron chi connectivity index (χ3n) is 3.35. The van der Waals surface area contributed by atoms with E-state index < -0.39 is 0 Å². The molecule has 0 unspecified atom stereocenters. The molecular formula is C18H19IN4OS. The summed E-state index contributed by atoms with van der Waals surface area (Å²) in [6.45, 7) is 0.428. The van der Waals surface area contributed by atoms with Crippen molar-refractivity contribution in [2.75, 3.05) is 12.4 Å². The number of anilines is 1. The third kappa shape index (κ3) is 5.17. The summed E-state index contributed by atoms with van der Waals surface area (Å²) in [5.74, 6) is 1.05. The number of benzene rings is 2. The highest BCUT2D eigenvalue weighted by Gasteiger charge is 2.05. The van der Waals surface area contributed by atoms with E-state index >= 15 is 0 Å². The van der Waals surface area contributed by atoms with E-state index in [9.17, 15) is 0 Å². The molecule has 0 bridgehead atoms. The van der Waals surface area contributed by atoms with Gasteiger partial charge in [-0.15, -0.1) is 35.3 Å². The highest BCUT2D eigenvalue weighted by Crippen LogP contribution is 2.24. The predicted octanol–water partition coefficient (Wildman–Crippen LogP) is 4.36. The van der Waals surface area contributed by atoms with Gasteiger partial charge in [0.05, 0.1) is 25.0 Å². The van der Waals surface area contributed by atoms with Gasteiger partial charge in [0.2, 0.25) is 0 Å². The Kier molecular flexibility index (Phi) is 7.20. The average molecular weight is 466 g/mol. The molecule has 0 aliphatic carbocycles. The van der Waals surface area contributed by atoms with Crippen molar-refractivity contribution in [3.8, 4) is 16.3 Å². The van der Waals surface area contributed by atoms with Crippen molar-refractivity contribution in [2.45, 2.75) is 6.54 Å². The molecule has 130 valence electrons. The highest BCUT2D eigenvalue weighted by atomic mass is 127. The molecule has 0 spiro atoms. The molecule has 3 rings (SSSR count). The van der Waals surface area contributed by atoms with Crippen LogP contribution < -0.4 is 15.8 Å². The Morgan fingerprint density at radius 2 is 1.88 bits per heavy atom. The molecule has 1 aromatic heterocycles. The number of nitrogens with zero attached hydrogens (tertiary/aromatic N) is 2. The normalized spacial score (nSPS) is 10.8. The van der Waals surface area contributed by atoms with Crippen LogP contribution in [0.15, 0.2) is 65.0 Å². The molecule has 3 aromatic rings. The van der Waals surface area contributed by atoms with Gasteiger partial charge in [-0.1, -0.05) is 42.5 Å². The number of guanidine groups is 1. The zero-order valence-electron chi connectivity index (χ0n) is 13.7. The van der Waals surface area contributed by atoms with Crippen LogP contribution in [0.2, 0.25) is 0 Å². The van der Waals surface area contributed by atoms with Gasteiger partial charge in [0.25, 0.3) is 0 Å². The Bertz CT molecular complexity index is 836. The number of methoxy groups -OCH3 is 1. The number of nitrogens with two attached hydrogens (primary N) is 1. The lowest BCUT2D eigenvalue weighted by Gasteiger charge is -2.09. The number of aliphatic imine (C=N–C) groups is 1. The topological polar surface area (TPSA) is 72.5 Å². The number of ether oxygens (including phenoxy) is 1. The second-order valence-corrected chi connectivity index (χ2v) is 5.89. The lowest BCUT2D eigenvalue weighted by atomic mass is 10.2. The van der Waals surface area contributed by atoms with Crippen molar-refractivity contribution in [3.05, 3.63) is 65.7 Å². The van der Waals surface area contributed by atoms with E-state index in [0.717, 1.165) is 27.7 Å². The monoisotopic (exact) mass is 466 g/mol. The Morgan fingerprint density at radius 1 is 1.16 bits per heavy atom. The average Bonchev–Trinajstić information content (AvgIpc) is 3.10. The van der Waals surface area contributed by atoms with Crippen LogP contribution in [0, 0.1) is 0 Å². The minimum Gasteiger partial charge on any atom is -0.495 e. The first-order chi connectivity index (χ1) is 11.8. The van der Waals surface area contributed by atoms with Gasteiger partial charge < -0.3 is 15.8 Å². The van der Waals surface area contributed by atoms with Gasteiger partial charge in [-0.3, -0.25) is 0 Å². The maximum absolute atomic E-state index is 5.95. The molecule has 0 saturated carbocycles. The number of hydrogen-bond donors (Lipinski definition) is 2.